The van der Waals surface area contributed by atoms with E-state index in [0.717, 1.165) is 11.2 Å². The van der Waals surface area contributed by atoms with E-state index in [9.17, 15) is 0 Å². The third-order valence-electron chi connectivity index (χ3n) is 1.78. The van der Waals surface area contributed by atoms with Crippen molar-refractivity contribution in [3.05, 3.63) is 24.8 Å². The fraction of sp³-hybridized carbons (Fsp3) is 0. The number of aromatic amines is 1. The van der Waals surface area contributed by atoms with Crippen molar-refractivity contribution < 1.29 is 0 Å². The molecular weight excluding hydrogens is 154 g/mol. The highest BCUT2D eigenvalue weighted by Crippen LogP contribution is 2.09. The Bertz CT molecular complexity index is 485. The van der Waals surface area contributed by atoms with Crippen LogP contribution >= 0.6 is 0 Å². The molecule has 57 valence electrons. The Morgan fingerprint density at radius 1 is 1.50 bits per heavy atom. The molecule has 3 aromatic rings. The summed E-state index contributed by atoms with van der Waals surface area (Å²) in [7, 11) is 0. The molecule has 0 amide bonds. The predicted molar refractivity (Wildman–Crippen MR) is 41.5 cm³/mol. The zero-order chi connectivity index (χ0) is 7.97. The number of hydrogen-bond acceptors (Lipinski definition) is 3. The quantitative estimate of drug-likeness (QED) is 0.515. The van der Waals surface area contributed by atoms with Gasteiger partial charge >= 0.3 is 0 Å². The second kappa shape index (κ2) is 1.82. The van der Waals surface area contributed by atoms with Gasteiger partial charge in [0.1, 0.15) is 12.5 Å². The maximum Gasteiger partial charge on any atom is 0.189 e. The molecule has 12 heavy (non-hydrogen) atoms. The van der Waals surface area contributed by atoms with Crippen LogP contribution in [-0.2, 0) is 0 Å². The van der Waals surface area contributed by atoms with Gasteiger partial charge in [0.15, 0.2) is 11.3 Å². The van der Waals surface area contributed by atoms with E-state index in [1.165, 1.54) is 0 Å². The molecule has 0 unspecified atom stereocenters. The average molecular weight is 158 g/mol. The molecule has 0 aromatic carbocycles. The minimum atomic E-state index is 0.641. The van der Waals surface area contributed by atoms with Crippen LogP contribution in [0.3, 0.4) is 0 Å². The molecule has 1 N–H and O–H groups in total. The zero-order valence-corrected chi connectivity index (χ0v) is 6.02. The van der Waals surface area contributed by atoms with E-state index in [4.69, 9.17) is 0 Å². The molecule has 3 rings (SSSR count). The molecule has 0 spiro atoms. The van der Waals surface area contributed by atoms with E-state index in [2.05, 4.69) is 26.4 Å². The smallest absolute Gasteiger partial charge is 0.189 e. The second-order valence-electron chi connectivity index (χ2n) is 2.46. The lowest BCUT2D eigenvalue weighted by Crippen LogP contribution is -1.87. The number of fused-ring (bicyclic) bond motifs is 3. The first-order valence-corrected chi connectivity index (χ1v) is 3.50. The van der Waals surface area contributed by atoms with Crippen molar-refractivity contribution in [2.24, 2.45) is 0 Å². The summed E-state index contributed by atoms with van der Waals surface area (Å²) < 4.78 is 1.83. The summed E-state index contributed by atoms with van der Waals surface area (Å²) in [5.74, 6) is 0. The van der Waals surface area contributed by atoms with Crippen LogP contribution in [0.25, 0.3) is 16.8 Å². The van der Waals surface area contributed by atoms with Gasteiger partial charge in [0.2, 0.25) is 0 Å². The molecule has 0 aliphatic heterocycles. The van der Waals surface area contributed by atoms with E-state index in [1.807, 2.05) is 16.7 Å². The van der Waals surface area contributed by atoms with Crippen LogP contribution in [0.4, 0.5) is 0 Å². The Morgan fingerprint density at radius 3 is 3.50 bits per heavy atom. The lowest BCUT2D eigenvalue weighted by Gasteiger charge is -1.91. The monoisotopic (exact) mass is 158 g/mol. The molecule has 0 atom stereocenters. The van der Waals surface area contributed by atoms with Crippen LogP contribution in [-0.4, -0.2) is 24.6 Å². The molecule has 0 saturated carbocycles. The van der Waals surface area contributed by atoms with E-state index >= 15 is 0 Å². The summed E-state index contributed by atoms with van der Waals surface area (Å²) >= 11 is 0. The topological polar surface area (TPSA) is 58.9 Å². The molecule has 1 radical (unpaired) electrons. The largest absolute Gasteiger partial charge is 0.345 e. The van der Waals surface area contributed by atoms with E-state index in [1.54, 1.807) is 6.33 Å². The van der Waals surface area contributed by atoms with Gasteiger partial charge in [-0.3, -0.25) is 4.40 Å². The highest BCUT2D eigenvalue weighted by molar-refractivity contribution is 5.73. The number of nitrogens with one attached hydrogen (secondary N) is 1. The predicted octanol–water partition coefficient (Wildman–Crippen LogP) is 0.406. The van der Waals surface area contributed by atoms with Crippen LogP contribution in [0.15, 0.2) is 18.6 Å². The van der Waals surface area contributed by atoms with Crippen molar-refractivity contribution in [1.82, 2.24) is 24.6 Å². The molecule has 5 nitrogen and oxygen atoms in total. The Labute approximate surface area is 67.1 Å². The fourth-order valence-corrected chi connectivity index (χ4v) is 1.23. The van der Waals surface area contributed by atoms with Crippen LogP contribution in [0.5, 0.6) is 0 Å². The van der Waals surface area contributed by atoms with Gasteiger partial charge in [-0.1, -0.05) is 0 Å². The number of aromatic nitrogens is 5. The van der Waals surface area contributed by atoms with Gasteiger partial charge in [-0.2, -0.15) is 0 Å². The van der Waals surface area contributed by atoms with Gasteiger partial charge < -0.3 is 4.98 Å². The highest BCUT2D eigenvalue weighted by Gasteiger charge is 2.01. The van der Waals surface area contributed by atoms with Gasteiger partial charge in [0, 0.05) is 6.20 Å². The number of nitrogens with zero attached hydrogens (tertiary/aromatic N) is 4. The van der Waals surface area contributed by atoms with Crippen molar-refractivity contribution >= 4 is 16.8 Å². The second-order valence-corrected chi connectivity index (χ2v) is 2.46. The summed E-state index contributed by atoms with van der Waals surface area (Å²) in [5.41, 5.74) is 2.40. The number of rotatable bonds is 0. The van der Waals surface area contributed by atoms with Gasteiger partial charge in [-0.15, -0.1) is 10.2 Å². The van der Waals surface area contributed by atoms with Crippen LogP contribution < -0.4 is 0 Å². The van der Waals surface area contributed by atoms with E-state index in [-0.39, 0.29) is 0 Å². The Kier molecular flexibility index (Phi) is 0.864. The van der Waals surface area contributed by atoms with Crippen molar-refractivity contribution in [2.75, 3.05) is 0 Å². The molecule has 3 heterocycles. The molecular formula is C7H4N5. The summed E-state index contributed by atoms with van der Waals surface area (Å²) in [6, 6.07) is 1.92. The lowest BCUT2D eigenvalue weighted by atomic mass is 10.5. The normalized spacial score (nSPS) is 11.3. The third-order valence-corrected chi connectivity index (χ3v) is 1.78. The molecule has 0 bridgehead atoms. The van der Waals surface area contributed by atoms with Gasteiger partial charge in [-0.05, 0) is 6.07 Å². The first-order chi connectivity index (χ1) is 5.95. The molecule has 3 aromatic heterocycles. The van der Waals surface area contributed by atoms with Gasteiger partial charge in [0.05, 0.1) is 5.52 Å². The van der Waals surface area contributed by atoms with Crippen molar-refractivity contribution in [1.29, 1.82) is 0 Å². The molecule has 5 heteroatoms. The first kappa shape index (κ1) is 5.70. The Hall–Kier alpha value is -1.91. The maximum atomic E-state index is 4.04. The number of H-pyrrole nitrogens is 1. The Morgan fingerprint density at radius 2 is 2.50 bits per heavy atom. The van der Waals surface area contributed by atoms with Gasteiger partial charge in [-0.25, -0.2) is 4.98 Å². The van der Waals surface area contributed by atoms with Crippen molar-refractivity contribution in [2.45, 2.75) is 0 Å². The SMILES string of the molecule is [c]1nc2[nH]ccc2n2cnnc12. The average Bonchev–Trinajstić information content (AvgIpc) is 2.71. The highest BCUT2D eigenvalue weighted by atomic mass is 15.2. The van der Waals surface area contributed by atoms with Crippen molar-refractivity contribution in [3.63, 3.8) is 0 Å². The van der Waals surface area contributed by atoms with E-state index in [0.29, 0.717) is 5.65 Å². The summed E-state index contributed by atoms with van der Waals surface area (Å²) in [6.07, 6.45) is 6.23. The fourth-order valence-electron chi connectivity index (χ4n) is 1.23. The summed E-state index contributed by atoms with van der Waals surface area (Å²) in [5, 5.41) is 7.59. The number of hydrogen-bond donors (Lipinski definition) is 1. The third kappa shape index (κ3) is 0.554. The first-order valence-electron chi connectivity index (χ1n) is 3.50. The molecule has 0 aliphatic rings. The summed E-state index contributed by atoms with van der Waals surface area (Å²) in [6.45, 7) is 0. The summed E-state index contributed by atoms with van der Waals surface area (Å²) in [4.78, 5) is 7.02. The Balaban J connectivity index is 2.71. The van der Waals surface area contributed by atoms with Gasteiger partial charge in [0.25, 0.3) is 0 Å². The standard InChI is InChI=1S/C7H4N5/c1-2-8-7-5(1)12-4-10-11-6(12)3-9-7/h1-2,4,8H. The van der Waals surface area contributed by atoms with E-state index < -0.39 is 0 Å². The van der Waals surface area contributed by atoms with Crippen molar-refractivity contribution in [3.8, 4) is 0 Å². The zero-order valence-electron chi connectivity index (χ0n) is 6.02. The van der Waals surface area contributed by atoms with Crippen LogP contribution in [0.2, 0.25) is 0 Å². The molecule has 0 saturated heterocycles. The maximum absolute atomic E-state index is 4.04. The van der Waals surface area contributed by atoms with Crippen LogP contribution in [0.1, 0.15) is 0 Å². The minimum absolute atomic E-state index is 0.641. The van der Waals surface area contributed by atoms with Crippen LogP contribution in [0, 0.1) is 6.20 Å². The molecule has 0 fully saturated rings. The minimum Gasteiger partial charge on any atom is -0.345 e. The molecule has 0 aliphatic carbocycles. The lowest BCUT2D eigenvalue weighted by molar-refractivity contribution is 1.11.